The van der Waals surface area contributed by atoms with Gasteiger partial charge in [-0.3, -0.25) is 9.36 Å². The number of hydrogen-bond acceptors (Lipinski definition) is 4. The summed E-state index contributed by atoms with van der Waals surface area (Å²) in [6, 6.07) is 15.3. The van der Waals surface area contributed by atoms with Gasteiger partial charge in [0.2, 0.25) is 0 Å². The van der Waals surface area contributed by atoms with Crippen LogP contribution in [0.15, 0.2) is 58.5 Å². The maximum Gasteiger partial charge on any atom is 0.262 e. The smallest absolute Gasteiger partial charge is 0.262 e. The average molecular weight is 401 g/mol. The van der Waals surface area contributed by atoms with Crippen LogP contribution in [0.2, 0.25) is 5.02 Å². The molecule has 4 nitrogen and oxygen atoms in total. The summed E-state index contributed by atoms with van der Waals surface area (Å²) in [4.78, 5) is 18.0. The molecular weight excluding hydrogens is 380 g/mol. The lowest BCUT2D eigenvalue weighted by molar-refractivity contribution is 0.0937. The number of para-hydroxylation sites is 1. The first kappa shape index (κ1) is 18.5. The first-order chi connectivity index (χ1) is 13.1. The monoisotopic (exact) mass is 400 g/mol. The maximum absolute atomic E-state index is 13.1. The zero-order valence-corrected chi connectivity index (χ0v) is 16.7. The molecule has 3 aromatic rings. The lowest BCUT2D eigenvalue weighted by Gasteiger charge is -2.19. The summed E-state index contributed by atoms with van der Waals surface area (Å²) in [5.41, 5.74) is 1.75. The number of benzene rings is 2. The van der Waals surface area contributed by atoms with Crippen LogP contribution >= 0.6 is 23.4 Å². The number of nitrogens with zero attached hydrogens (tertiary/aromatic N) is 2. The second-order valence-electron chi connectivity index (χ2n) is 6.74. The van der Waals surface area contributed by atoms with E-state index >= 15 is 0 Å². The quantitative estimate of drug-likeness (QED) is 0.442. The van der Waals surface area contributed by atoms with Gasteiger partial charge in [0, 0.05) is 16.9 Å². The third-order valence-corrected chi connectivity index (χ3v) is 6.34. The molecule has 0 N–H and O–H groups in total. The average Bonchev–Trinajstić information content (AvgIpc) is 3.18. The van der Waals surface area contributed by atoms with Gasteiger partial charge < -0.3 is 4.74 Å². The molecule has 2 atom stereocenters. The van der Waals surface area contributed by atoms with E-state index in [0.29, 0.717) is 17.1 Å². The van der Waals surface area contributed by atoms with Crippen LogP contribution in [0.25, 0.3) is 10.9 Å². The summed E-state index contributed by atoms with van der Waals surface area (Å²) in [6.07, 6.45) is 2.09. The second kappa shape index (κ2) is 8.05. The number of fused-ring (bicyclic) bond motifs is 1. The van der Waals surface area contributed by atoms with E-state index in [1.807, 2.05) is 48.5 Å². The van der Waals surface area contributed by atoms with E-state index in [9.17, 15) is 4.79 Å². The fraction of sp³-hybridized carbons (Fsp3) is 0.333. The van der Waals surface area contributed by atoms with Gasteiger partial charge in [-0.25, -0.2) is 4.98 Å². The molecule has 1 aromatic heterocycles. The summed E-state index contributed by atoms with van der Waals surface area (Å²) in [7, 11) is 0. The van der Waals surface area contributed by atoms with Crippen molar-refractivity contribution >= 4 is 34.3 Å². The van der Waals surface area contributed by atoms with Gasteiger partial charge in [0.25, 0.3) is 5.56 Å². The lowest BCUT2D eigenvalue weighted by Crippen LogP contribution is -2.29. The molecule has 1 aliphatic heterocycles. The second-order valence-corrected chi connectivity index (χ2v) is 8.46. The molecule has 140 valence electrons. The number of thioether (sulfide) groups is 1. The Kier molecular flexibility index (Phi) is 5.53. The minimum Gasteiger partial charge on any atom is -0.376 e. The van der Waals surface area contributed by atoms with Crippen LogP contribution < -0.4 is 5.56 Å². The van der Waals surface area contributed by atoms with Gasteiger partial charge in [-0.2, -0.15) is 0 Å². The normalized spacial score (nSPS) is 18.1. The summed E-state index contributed by atoms with van der Waals surface area (Å²) in [5.74, 6) is 0. The summed E-state index contributed by atoms with van der Waals surface area (Å²) < 4.78 is 7.54. The molecule has 4 rings (SSSR count). The van der Waals surface area contributed by atoms with Crippen LogP contribution in [0.1, 0.15) is 30.6 Å². The fourth-order valence-electron chi connectivity index (χ4n) is 3.42. The number of hydrogen-bond donors (Lipinski definition) is 0. The number of aromatic nitrogens is 2. The van der Waals surface area contributed by atoms with Crippen molar-refractivity contribution in [3.8, 4) is 0 Å². The van der Waals surface area contributed by atoms with E-state index in [1.165, 1.54) is 0 Å². The van der Waals surface area contributed by atoms with E-state index in [0.717, 1.165) is 35.6 Å². The van der Waals surface area contributed by atoms with Crippen LogP contribution in [0.5, 0.6) is 0 Å². The molecule has 27 heavy (non-hydrogen) atoms. The predicted octanol–water partition coefficient (Wildman–Crippen LogP) is 5.08. The van der Waals surface area contributed by atoms with Crippen LogP contribution in [-0.2, 0) is 11.3 Å². The van der Waals surface area contributed by atoms with Crippen molar-refractivity contribution < 1.29 is 4.74 Å². The third-order valence-electron chi connectivity index (χ3n) is 4.86. The third kappa shape index (κ3) is 3.91. The van der Waals surface area contributed by atoms with E-state index < -0.39 is 0 Å². The Balaban J connectivity index is 1.75. The minimum absolute atomic E-state index is 0.00930. The SMILES string of the molecule is C[C@@H](Sc1nc2ccccc2c(=O)n1C[C@H]1CCCO1)c1ccccc1Cl. The van der Waals surface area contributed by atoms with Crippen LogP contribution in [0.3, 0.4) is 0 Å². The standard InChI is InChI=1S/C21H21ClN2O2S/c1-14(16-8-2-4-10-18(16)22)27-21-23-19-11-5-3-9-17(19)20(25)24(21)13-15-7-6-12-26-15/h2-5,8-11,14-15H,6-7,12-13H2,1H3/t14-,15-/m1/s1. The molecule has 0 unspecified atom stereocenters. The Labute approximate surface area is 167 Å². The molecular formula is C21H21ClN2O2S. The summed E-state index contributed by atoms with van der Waals surface area (Å²) in [5, 5.41) is 2.15. The van der Waals surface area contributed by atoms with Crippen LogP contribution in [0.4, 0.5) is 0 Å². The van der Waals surface area contributed by atoms with Gasteiger partial charge in [0.1, 0.15) is 0 Å². The Bertz CT molecular complexity index is 1010. The zero-order chi connectivity index (χ0) is 18.8. The van der Waals surface area contributed by atoms with Crippen molar-refractivity contribution in [1.29, 1.82) is 0 Å². The highest BCUT2D eigenvalue weighted by molar-refractivity contribution is 7.99. The van der Waals surface area contributed by atoms with Crippen molar-refractivity contribution in [1.82, 2.24) is 9.55 Å². The number of halogens is 1. The molecule has 1 aliphatic rings. The summed E-state index contributed by atoms with van der Waals surface area (Å²) in [6.45, 7) is 3.39. The van der Waals surface area contributed by atoms with E-state index in [4.69, 9.17) is 21.3 Å². The van der Waals surface area contributed by atoms with Crippen molar-refractivity contribution in [3.63, 3.8) is 0 Å². The first-order valence-electron chi connectivity index (χ1n) is 9.16. The van der Waals surface area contributed by atoms with E-state index in [-0.39, 0.29) is 16.9 Å². The molecule has 0 amide bonds. The Morgan fingerprint density at radius 2 is 2.04 bits per heavy atom. The predicted molar refractivity (Wildman–Crippen MR) is 111 cm³/mol. The number of rotatable bonds is 5. The Morgan fingerprint density at radius 3 is 2.81 bits per heavy atom. The van der Waals surface area contributed by atoms with Crippen molar-refractivity contribution in [2.45, 2.75) is 42.8 Å². The lowest BCUT2D eigenvalue weighted by atomic mass is 10.2. The summed E-state index contributed by atoms with van der Waals surface area (Å²) >= 11 is 7.93. The highest BCUT2D eigenvalue weighted by Crippen LogP contribution is 2.37. The van der Waals surface area contributed by atoms with Gasteiger partial charge in [-0.05, 0) is 43.5 Å². The fourth-order valence-corrected chi connectivity index (χ4v) is 4.87. The van der Waals surface area contributed by atoms with E-state index in [2.05, 4.69) is 6.92 Å². The highest BCUT2D eigenvalue weighted by atomic mass is 35.5. The highest BCUT2D eigenvalue weighted by Gasteiger charge is 2.22. The molecule has 2 aromatic carbocycles. The molecule has 1 fully saturated rings. The Morgan fingerprint density at radius 1 is 1.26 bits per heavy atom. The van der Waals surface area contributed by atoms with Gasteiger partial charge in [-0.15, -0.1) is 0 Å². The van der Waals surface area contributed by atoms with Crippen molar-refractivity contribution in [2.75, 3.05) is 6.61 Å². The molecule has 6 heteroatoms. The van der Waals surface area contributed by atoms with Gasteiger partial charge in [0.15, 0.2) is 5.16 Å². The van der Waals surface area contributed by atoms with Gasteiger partial charge in [0.05, 0.1) is 23.6 Å². The molecule has 2 heterocycles. The minimum atomic E-state index is -0.00930. The van der Waals surface area contributed by atoms with Gasteiger partial charge >= 0.3 is 0 Å². The molecule has 1 saturated heterocycles. The van der Waals surface area contributed by atoms with Crippen LogP contribution in [0, 0.1) is 0 Å². The topological polar surface area (TPSA) is 44.1 Å². The molecule has 0 aliphatic carbocycles. The Hall–Kier alpha value is -1.82. The van der Waals surface area contributed by atoms with E-state index in [1.54, 1.807) is 16.3 Å². The maximum atomic E-state index is 13.1. The number of ether oxygens (including phenoxy) is 1. The zero-order valence-electron chi connectivity index (χ0n) is 15.1. The van der Waals surface area contributed by atoms with Crippen LogP contribution in [-0.4, -0.2) is 22.3 Å². The van der Waals surface area contributed by atoms with Crippen molar-refractivity contribution in [3.05, 3.63) is 69.5 Å². The molecule has 0 saturated carbocycles. The first-order valence-corrected chi connectivity index (χ1v) is 10.4. The molecule has 0 bridgehead atoms. The van der Waals surface area contributed by atoms with Crippen molar-refractivity contribution in [2.24, 2.45) is 0 Å². The van der Waals surface area contributed by atoms with Gasteiger partial charge in [-0.1, -0.05) is 53.7 Å². The molecule has 0 spiro atoms. The molecule has 0 radical (unpaired) electrons. The largest absolute Gasteiger partial charge is 0.376 e.